The monoisotopic (exact) mass is 333 g/mol. The number of aromatic amines is 1. The molecule has 1 aliphatic rings. The Balaban J connectivity index is 1.94. The Morgan fingerprint density at radius 2 is 2.17 bits per heavy atom. The summed E-state index contributed by atoms with van der Waals surface area (Å²) in [6.07, 6.45) is -0.0207. The average molecular weight is 333 g/mol. The molecule has 1 aromatic heterocycles. The number of hydrogen-bond donors (Lipinski definition) is 2. The Kier molecular flexibility index (Phi) is 3.94. The van der Waals surface area contributed by atoms with Crippen molar-refractivity contribution < 1.29 is 24.4 Å². The van der Waals surface area contributed by atoms with E-state index in [1.807, 2.05) is 0 Å². The van der Waals surface area contributed by atoms with Crippen molar-refractivity contribution in [3.05, 3.63) is 40.1 Å². The van der Waals surface area contributed by atoms with Gasteiger partial charge in [0.15, 0.2) is 6.10 Å². The van der Waals surface area contributed by atoms with Crippen molar-refractivity contribution >= 4 is 28.5 Å². The molecule has 0 bridgehead atoms. The van der Waals surface area contributed by atoms with Crippen molar-refractivity contribution in [1.29, 1.82) is 0 Å². The zero-order chi connectivity index (χ0) is 17.4. The number of aromatic nitrogens is 1. The lowest BCUT2D eigenvalue weighted by atomic mass is 10.1. The van der Waals surface area contributed by atoms with E-state index in [1.165, 1.54) is 29.3 Å². The number of amides is 1. The van der Waals surface area contributed by atoms with Crippen LogP contribution in [0.4, 0.5) is 5.69 Å². The van der Waals surface area contributed by atoms with Crippen LogP contribution in [0.2, 0.25) is 0 Å². The minimum absolute atomic E-state index is 0.0693. The molecule has 0 aliphatic carbocycles. The maximum absolute atomic E-state index is 12.8. The Morgan fingerprint density at radius 3 is 2.83 bits per heavy atom. The first kappa shape index (κ1) is 15.9. The van der Waals surface area contributed by atoms with Gasteiger partial charge < -0.3 is 19.7 Å². The molecule has 1 amide bonds. The maximum Gasteiger partial charge on any atom is 0.334 e. The van der Waals surface area contributed by atoms with E-state index in [0.29, 0.717) is 10.9 Å². The van der Waals surface area contributed by atoms with E-state index in [2.05, 4.69) is 4.98 Å². The number of non-ortho nitro benzene ring substituents is 1. The van der Waals surface area contributed by atoms with Crippen LogP contribution in [-0.2, 0) is 9.53 Å². The standard InChI is InChI=1S/C15H15N3O6/c1-8-6-17(7-13(24-8)15(20)21)14(19)11-5-16-12-3-2-9(18(22)23)4-10(11)12/h2-5,8,13,16H,6-7H2,1H3,(H,20,21)/t8-,13?/m1/s1. The zero-order valence-corrected chi connectivity index (χ0v) is 12.8. The first-order valence-corrected chi connectivity index (χ1v) is 7.30. The highest BCUT2D eigenvalue weighted by molar-refractivity contribution is 6.07. The summed E-state index contributed by atoms with van der Waals surface area (Å²) in [4.78, 5) is 38.6. The molecule has 0 radical (unpaired) electrons. The van der Waals surface area contributed by atoms with Crippen LogP contribution in [0.3, 0.4) is 0 Å². The summed E-state index contributed by atoms with van der Waals surface area (Å²) in [5, 5.41) is 20.5. The molecule has 1 aromatic carbocycles. The zero-order valence-electron chi connectivity index (χ0n) is 12.8. The van der Waals surface area contributed by atoms with Crippen molar-refractivity contribution in [3.63, 3.8) is 0 Å². The summed E-state index contributed by atoms with van der Waals surface area (Å²) in [7, 11) is 0. The van der Waals surface area contributed by atoms with Crippen LogP contribution in [0, 0.1) is 10.1 Å². The summed E-state index contributed by atoms with van der Waals surface area (Å²) in [5.41, 5.74) is 0.752. The molecule has 2 heterocycles. The number of carbonyl (C=O) groups is 2. The van der Waals surface area contributed by atoms with Gasteiger partial charge in [-0.25, -0.2) is 4.79 Å². The minimum Gasteiger partial charge on any atom is -0.479 e. The van der Waals surface area contributed by atoms with Gasteiger partial charge in [-0.15, -0.1) is 0 Å². The number of rotatable bonds is 3. The first-order chi connectivity index (χ1) is 11.4. The van der Waals surface area contributed by atoms with E-state index >= 15 is 0 Å². The van der Waals surface area contributed by atoms with Crippen molar-refractivity contribution in [1.82, 2.24) is 9.88 Å². The summed E-state index contributed by atoms with van der Waals surface area (Å²) >= 11 is 0. The summed E-state index contributed by atoms with van der Waals surface area (Å²) < 4.78 is 5.29. The van der Waals surface area contributed by atoms with Crippen molar-refractivity contribution in [2.45, 2.75) is 19.1 Å². The lowest BCUT2D eigenvalue weighted by Crippen LogP contribution is -2.51. The largest absolute Gasteiger partial charge is 0.479 e. The molecule has 9 nitrogen and oxygen atoms in total. The third-order valence-electron chi connectivity index (χ3n) is 3.93. The first-order valence-electron chi connectivity index (χ1n) is 7.30. The molecule has 1 unspecified atom stereocenters. The number of carboxylic acids is 1. The fourth-order valence-electron chi connectivity index (χ4n) is 2.82. The second-order valence-corrected chi connectivity index (χ2v) is 5.67. The molecule has 0 spiro atoms. The number of fused-ring (bicyclic) bond motifs is 1. The quantitative estimate of drug-likeness (QED) is 0.646. The van der Waals surface area contributed by atoms with E-state index < -0.39 is 23.1 Å². The number of carboxylic acid groups (broad SMARTS) is 1. The number of morpholine rings is 1. The molecular formula is C15H15N3O6. The predicted molar refractivity (Wildman–Crippen MR) is 82.8 cm³/mol. The third kappa shape index (κ3) is 2.81. The number of nitrogens with zero attached hydrogens (tertiary/aromatic N) is 2. The highest BCUT2D eigenvalue weighted by Crippen LogP contribution is 2.25. The van der Waals surface area contributed by atoms with Gasteiger partial charge >= 0.3 is 5.97 Å². The lowest BCUT2D eigenvalue weighted by molar-refractivity contribution is -0.384. The molecule has 1 aliphatic heterocycles. The van der Waals surface area contributed by atoms with Gasteiger partial charge in [0, 0.05) is 35.8 Å². The summed E-state index contributed by atoms with van der Waals surface area (Å²) in [6, 6.07) is 4.22. The fraction of sp³-hybridized carbons (Fsp3) is 0.333. The fourth-order valence-corrected chi connectivity index (χ4v) is 2.82. The van der Waals surface area contributed by atoms with Crippen LogP contribution in [0.1, 0.15) is 17.3 Å². The number of aliphatic carboxylic acids is 1. The molecule has 1 fully saturated rings. The van der Waals surface area contributed by atoms with Crippen LogP contribution < -0.4 is 0 Å². The predicted octanol–water partition coefficient (Wildman–Crippen LogP) is 1.39. The third-order valence-corrected chi connectivity index (χ3v) is 3.93. The molecule has 126 valence electrons. The van der Waals surface area contributed by atoms with E-state index in [9.17, 15) is 19.7 Å². The number of benzene rings is 1. The summed E-state index contributed by atoms with van der Waals surface area (Å²) in [6.45, 7) is 1.87. The molecular weight excluding hydrogens is 318 g/mol. The maximum atomic E-state index is 12.8. The Bertz CT molecular complexity index is 830. The van der Waals surface area contributed by atoms with E-state index in [1.54, 1.807) is 6.92 Å². The van der Waals surface area contributed by atoms with Crippen molar-refractivity contribution in [3.8, 4) is 0 Å². The number of H-pyrrole nitrogens is 1. The van der Waals surface area contributed by atoms with E-state index in [4.69, 9.17) is 9.84 Å². The van der Waals surface area contributed by atoms with Gasteiger partial charge in [-0.2, -0.15) is 0 Å². The molecule has 2 aromatic rings. The van der Waals surface area contributed by atoms with E-state index in [0.717, 1.165) is 0 Å². The molecule has 2 atom stereocenters. The molecule has 2 N–H and O–H groups in total. The number of ether oxygens (including phenoxy) is 1. The van der Waals surface area contributed by atoms with Crippen molar-refractivity contribution in [2.75, 3.05) is 13.1 Å². The van der Waals surface area contributed by atoms with E-state index in [-0.39, 0.29) is 30.2 Å². The Labute approximate surface area is 136 Å². The van der Waals surface area contributed by atoms with Gasteiger partial charge in [0.05, 0.1) is 23.1 Å². The molecule has 3 rings (SSSR count). The Morgan fingerprint density at radius 1 is 1.42 bits per heavy atom. The second-order valence-electron chi connectivity index (χ2n) is 5.67. The van der Waals surface area contributed by atoms with Gasteiger partial charge in [-0.3, -0.25) is 14.9 Å². The Hall–Kier alpha value is -2.94. The van der Waals surface area contributed by atoms with Gasteiger partial charge in [-0.05, 0) is 13.0 Å². The second kappa shape index (κ2) is 5.93. The molecule has 9 heteroatoms. The number of nitro benzene ring substituents is 1. The number of nitrogens with one attached hydrogen (secondary N) is 1. The van der Waals surface area contributed by atoms with Gasteiger partial charge in [0.2, 0.25) is 0 Å². The molecule has 0 saturated carbocycles. The molecule has 24 heavy (non-hydrogen) atoms. The van der Waals surface area contributed by atoms with Crippen LogP contribution in [0.25, 0.3) is 10.9 Å². The normalized spacial score (nSPS) is 21.0. The molecule has 1 saturated heterocycles. The van der Waals surface area contributed by atoms with Crippen LogP contribution in [-0.4, -0.2) is 57.1 Å². The van der Waals surface area contributed by atoms with Crippen LogP contribution in [0.15, 0.2) is 24.4 Å². The van der Waals surface area contributed by atoms with Gasteiger partial charge in [0.25, 0.3) is 11.6 Å². The number of nitro groups is 1. The van der Waals surface area contributed by atoms with Crippen LogP contribution >= 0.6 is 0 Å². The number of hydrogen-bond acceptors (Lipinski definition) is 5. The number of carbonyl (C=O) groups excluding carboxylic acids is 1. The van der Waals surface area contributed by atoms with Gasteiger partial charge in [0.1, 0.15) is 0 Å². The lowest BCUT2D eigenvalue weighted by Gasteiger charge is -2.34. The van der Waals surface area contributed by atoms with Crippen LogP contribution in [0.5, 0.6) is 0 Å². The van der Waals surface area contributed by atoms with Gasteiger partial charge in [-0.1, -0.05) is 0 Å². The van der Waals surface area contributed by atoms with Crippen molar-refractivity contribution in [2.24, 2.45) is 0 Å². The highest BCUT2D eigenvalue weighted by Gasteiger charge is 2.33. The topological polar surface area (TPSA) is 126 Å². The SMILES string of the molecule is C[C@@H]1CN(C(=O)c2c[nH]c3ccc([N+](=O)[O-])cc23)CC(C(=O)O)O1. The smallest absolute Gasteiger partial charge is 0.334 e. The summed E-state index contributed by atoms with van der Waals surface area (Å²) in [5.74, 6) is -1.52. The average Bonchev–Trinajstić information content (AvgIpc) is 2.96. The highest BCUT2D eigenvalue weighted by atomic mass is 16.6. The minimum atomic E-state index is -1.13.